The Balaban J connectivity index is 1.15. The first kappa shape index (κ1) is 27.2. The van der Waals surface area contributed by atoms with E-state index >= 15 is 0 Å². The van der Waals surface area contributed by atoms with Crippen LogP contribution in [0.25, 0.3) is 0 Å². The highest BCUT2D eigenvalue weighted by atomic mass is 35.5. The summed E-state index contributed by atoms with van der Waals surface area (Å²) >= 11 is 6.01. The van der Waals surface area contributed by atoms with Gasteiger partial charge in [-0.15, -0.1) is 0 Å². The molecule has 3 aliphatic rings. The lowest BCUT2D eigenvalue weighted by Crippen LogP contribution is -2.39. The molecular weight excluding hydrogens is 499 g/mol. The lowest BCUT2D eigenvalue weighted by atomic mass is 9.90. The maximum absolute atomic E-state index is 13.7. The van der Waals surface area contributed by atoms with Crippen molar-refractivity contribution in [3.05, 3.63) is 57.9 Å². The number of hydrogen-bond donors (Lipinski definition) is 1. The van der Waals surface area contributed by atoms with E-state index in [1.54, 1.807) is 12.4 Å². The Labute approximate surface area is 231 Å². The van der Waals surface area contributed by atoms with Gasteiger partial charge in [-0.05, 0) is 100 Å². The van der Waals surface area contributed by atoms with Gasteiger partial charge in [-0.25, -0.2) is 14.4 Å². The molecular formula is C31H40ClFN4O. The van der Waals surface area contributed by atoms with Crippen molar-refractivity contribution in [1.29, 1.82) is 0 Å². The molecule has 2 saturated carbocycles. The summed E-state index contributed by atoms with van der Waals surface area (Å²) in [7, 11) is 0. The minimum absolute atomic E-state index is 0.0650. The summed E-state index contributed by atoms with van der Waals surface area (Å²) in [6.45, 7) is 0.864. The van der Waals surface area contributed by atoms with Crippen LogP contribution in [0.5, 0.6) is 0 Å². The third-order valence-corrected chi connectivity index (χ3v) is 8.76. The van der Waals surface area contributed by atoms with Crippen molar-refractivity contribution < 1.29 is 9.18 Å². The van der Waals surface area contributed by atoms with Gasteiger partial charge in [0.05, 0.1) is 11.4 Å². The summed E-state index contributed by atoms with van der Waals surface area (Å²) in [6, 6.07) is 4.96. The second kappa shape index (κ2) is 13.1. The predicted octanol–water partition coefficient (Wildman–Crippen LogP) is 7.00. The van der Waals surface area contributed by atoms with Crippen LogP contribution in [0.1, 0.15) is 105 Å². The van der Waals surface area contributed by atoms with Crippen molar-refractivity contribution in [1.82, 2.24) is 15.3 Å². The number of hydrogen-bond acceptors (Lipinski definition) is 4. The number of aliphatic imine (C=N–C) groups is 1. The van der Waals surface area contributed by atoms with Crippen LogP contribution in [-0.4, -0.2) is 34.7 Å². The Morgan fingerprint density at radius 1 is 1.03 bits per heavy atom. The lowest BCUT2D eigenvalue weighted by Gasteiger charge is -2.23. The number of amides is 1. The quantitative estimate of drug-likeness (QED) is 0.393. The molecule has 0 spiro atoms. The average Bonchev–Trinajstić information content (AvgIpc) is 3.73. The molecule has 2 fully saturated rings. The molecule has 2 heterocycles. The van der Waals surface area contributed by atoms with Crippen LogP contribution in [0.3, 0.4) is 0 Å². The smallest absolute Gasteiger partial charge is 0.223 e. The average molecular weight is 539 g/mol. The van der Waals surface area contributed by atoms with Gasteiger partial charge < -0.3 is 5.32 Å². The maximum atomic E-state index is 13.7. The van der Waals surface area contributed by atoms with Gasteiger partial charge in [0.2, 0.25) is 5.91 Å². The van der Waals surface area contributed by atoms with Crippen molar-refractivity contribution in [2.45, 2.75) is 102 Å². The number of nitrogens with one attached hydrogen (secondary N) is 1. The number of rotatable bonds is 8. The van der Waals surface area contributed by atoms with Gasteiger partial charge in [-0.2, -0.15) is 0 Å². The second-order valence-electron chi connectivity index (χ2n) is 11.5. The molecule has 7 heteroatoms. The maximum Gasteiger partial charge on any atom is 0.223 e. The third kappa shape index (κ3) is 7.40. The van der Waals surface area contributed by atoms with E-state index in [9.17, 15) is 9.18 Å². The van der Waals surface area contributed by atoms with E-state index in [0.29, 0.717) is 16.9 Å². The molecule has 38 heavy (non-hydrogen) atoms. The van der Waals surface area contributed by atoms with Crippen LogP contribution < -0.4 is 5.32 Å². The third-order valence-electron chi connectivity index (χ3n) is 8.54. The first-order valence-corrected chi connectivity index (χ1v) is 15.0. The Morgan fingerprint density at radius 3 is 2.68 bits per heavy atom. The summed E-state index contributed by atoms with van der Waals surface area (Å²) in [6.07, 6.45) is 18.2. The monoisotopic (exact) mass is 538 g/mol. The van der Waals surface area contributed by atoms with Crippen molar-refractivity contribution in [2.75, 3.05) is 6.54 Å². The molecule has 204 valence electrons. The van der Waals surface area contributed by atoms with Gasteiger partial charge in [0.25, 0.3) is 0 Å². The molecule has 1 aliphatic heterocycles. The largest absolute Gasteiger partial charge is 0.353 e. The van der Waals surface area contributed by atoms with Crippen molar-refractivity contribution >= 4 is 23.7 Å². The van der Waals surface area contributed by atoms with Gasteiger partial charge >= 0.3 is 0 Å². The standard InChI is InChI=1S/C31H40ClFN4O/c32-24-16-21(17-25(33)18-24)6-3-11-27(22-13-14-22)31(38)37-26-9-2-1-7-23(8-4-10-26)30-28-19-34-15-5-12-29(28)35-20-36-30/h16-20,22-23,26-27H,1-15H2,(H,37,38). The van der Waals surface area contributed by atoms with Crippen LogP contribution in [0.4, 0.5) is 4.39 Å². The van der Waals surface area contributed by atoms with E-state index in [4.69, 9.17) is 16.6 Å². The molecule has 3 atom stereocenters. The zero-order valence-electron chi connectivity index (χ0n) is 22.3. The number of aromatic nitrogens is 2. The molecule has 1 N–H and O–H groups in total. The molecule has 5 rings (SSSR count). The summed E-state index contributed by atoms with van der Waals surface area (Å²) in [5.41, 5.74) is 4.39. The van der Waals surface area contributed by atoms with Gasteiger partial charge in [0.15, 0.2) is 0 Å². The van der Waals surface area contributed by atoms with Gasteiger partial charge in [-0.3, -0.25) is 9.79 Å². The predicted molar refractivity (Wildman–Crippen MR) is 150 cm³/mol. The summed E-state index contributed by atoms with van der Waals surface area (Å²) < 4.78 is 13.7. The van der Waals surface area contributed by atoms with E-state index < -0.39 is 0 Å². The Bertz CT molecular complexity index is 1110. The molecule has 3 unspecified atom stereocenters. The van der Waals surface area contributed by atoms with Gasteiger partial charge in [0, 0.05) is 41.2 Å². The van der Waals surface area contributed by atoms with E-state index in [1.165, 1.54) is 11.8 Å². The fourth-order valence-electron chi connectivity index (χ4n) is 6.37. The van der Waals surface area contributed by atoms with E-state index in [1.807, 2.05) is 12.3 Å². The number of carbonyl (C=O) groups excluding carboxylic acids is 1. The highest BCUT2D eigenvalue weighted by Gasteiger charge is 2.36. The second-order valence-corrected chi connectivity index (χ2v) is 11.9. The van der Waals surface area contributed by atoms with E-state index in [-0.39, 0.29) is 23.7 Å². The molecule has 2 aromatic rings. The normalized spacial score (nSPS) is 22.9. The number of nitrogens with zero attached hydrogens (tertiary/aromatic N) is 3. The highest BCUT2D eigenvalue weighted by molar-refractivity contribution is 6.30. The first-order valence-electron chi connectivity index (χ1n) is 14.7. The van der Waals surface area contributed by atoms with Crippen LogP contribution in [-0.2, 0) is 17.6 Å². The van der Waals surface area contributed by atoms with Crippen LogP contribution in [0, 0.1) is 17.7 Å². The van der Waals surface area contributed by atoms with Crippen LogP contribution >= 0.6 is 11.6 Å². The first-order chi connectivity index (χ1) is 18.6. The molecule has 0 radical (unpaired) electrons. The molecule has 0 bridgehead atoms. The zero-order valence-corrected chi connectivity index (χ0v) is 23.1. The lowest BCUT2D eigenvalue weighted by molar-refractivity contribution is -0.126. The molecule has 1 amide bonds. The fourth-order valence-corrected chi connectivity index (χ4v) is 6.62. The number of benzene rings is 1. The van der Waals surface area contributed by atoms with Crippen LogP contribution in [0.2, 0.25) is 5.02 Å². The van der Waals surface area contributed by atoms with Crippen molar-refractivity contribution in [3.8, 4) is 0 Å². The molecule has 1 aromatic heterocycles. The SMILES string of the molecule is O=C(NC1CCCCC(c2ncnc3c2C=NCCC3)CCC1)C(CCCc1cc(F)cc(Cl)c1)C1CC1. The minimum atomic E-state index is -0.297. The molecule has 0 saturated heterocycles. The fraction of sp³-hybridized carbons (Fsp3) is 0.613. The Kier molecular flexibility index (Phi) is 9.42. The van der Waals surface area contributed by atoms with Crippen molar-refractivity contribution in [2.24, 2.45) is 16.8 Å². The highest BCUT2D eigenvalue weighted by Crippen LogP contribution is 2.40. The number of fused-ring (bicyclic) bond motifs is 1. The van der Waals surface area contributed by atoms with E-state index in [0.717, 1.165) is 113 Å². The number of aryl methyl sites for hydroxylation is 2. The van der Waals surface area contributed by atoms with Crippen molar-refractivity contribution in [3.63, 3.8) is 0 Å². The number of halogens is 2. The molecule has 2 aliphatic carbocycles. The summed E-state index contributed by atoms with van der Waals surface area (Å²) in [4.78, 5) is 27.2. The Hall–Kier alpha value is -2.34. The summed E-state index contributed by atoms with van der Waals surface area (Å²) in [5.74, 6) is 0.926. The number of carbonyl (C=O) groups is 1. The van der Waals surface area contributed by atoms with Crippen LogP contribution in [0.15, 0.2) is 29.5 Å². The van der Waals surface area contributed by atoms with Gasteiger partial charge in [-0.1, -0.05) is 30.9 Å². The Morgan fingerprint density at radius 2 is 1.84 bits per heavy atom. The minimum Gasteiger partial charge on any atom is -0.353 e. The molecule has 1 aromatic carbocycles. The summed E-state index contributed by atoms with van der Waals surface area (Å²) in [5, 5.41) is 3.88. The topological polar surface area (TPSA) is 67.2 Å². The van der Waals surface area contributed by atoms with Gasteiger partial charge in [0.1, 0.15) is 12.1 Å². The zero-order chi connectivity index (χ0) is 26.3. The van der Waals surface area contributed by atoms with E-state index in [2.05, 4.69) is 15.3 Å². The molecule has 5 nitrogen and oxygen atoms in total.